The van der Waals surface area contributed by atoms with Crippen molar-refractivity contribution in [3.05, 3.63) is 58.7 Å². The van der Waals surface area contributed by atoms with Crippen molar-refractivity contribution < 1.29 is 22.7 Å². The Morgan fingerprint density at radius 2 is 1.91 bits per heavy atom. The number of rotatable bonds is 10. The third kappa shape index (κ3) is 6.79. The second-order valence-corrected chi connectivity index (χ2v) is 10.5. The van der Waals surface area contributed by atoms with E-state index in [0.717, 1.165) is 49.5 Å². The van der Waals surface area contributed by atoms with Crippen LogP contribution in [0.1, 0.15) is 39.9 Å². The lowest BCUT2D eigenvalue weighted by molar-refractivity contribution is 0.0392. The quantitative estimate of drug-likeness (QED) is 0.533. The fourth-order valence-electron chi connectivity index (χ4n) is 3.99. The molecule has 9 heteroatoms. The molecule has 0 unspecified atom stereocenters. The predicted molar refractivity (Wildman–Crippen MR) is 132 cm³/mol. The van der Waals surface area contributed by atoms with Crippen LogP contribution in [-0.4, -0.2) is 65.7 Å². The number of hydrogen-bond donors (Lipinski definition) is 2. The normalized spacial score (nSPS) is 14.9. The van der Waals surface area contributed by atoms with Gasteiger partial charge in [0, 0.05) is 37.9 Å². The molecule has 34 heavy (non-hydrogen) atoms. The van der Waals surface area contributed by atoms with Crippen molar-refractivity contribution in [2.75, 3.05) is 40.5 Å². The Hall–Kier alpha value is -2.46. The fourth-order valence-corrected chi connectivity index (χ4v) is 5.06. The molecule has 0 aliphatic carbocycles. The van der Waals surface area contributed by atoms with Gasteiger partial charge >= 0.3 is 0 Å². The van der Waals surface area contributed by atoms with Crippen LogP contribution in [0.2, 0.25) is 0 Å². The zero-order valence-corrected chi connectivity index (χ0v) is 21.2. The maximum atomic E-state index is 12.8. The molecule has 0 atom stereocenters. The van der Waals surface area contributed by atoms with Crippen LogP contribution >= 0.6 is 0 Å². The topological polar surface area (TPSA) is 97.0 Å². The Bertz CT molecular complexity index is 1100. The molecule has 2 aromatic rings. The maximum Gasteiger partial charge on any atom is 0.251 e. The number of carbonyl (C=O) groups is 1. The molecule has 0 bridgehead atoms. The first-order chi connectivity index (χ1) is 16.2. The van der Waals surface area contributed by atoms with E-state index < -0.39 is 10.0 Å². The Labute approximate surface area is 202 Å². The minimum Gasteiger partial charge on any atom is -0.492 e. The van der Waals surface area contributed by atoms with Crippen LogP contribution in [-0.2, 0) is 21.3 Å². The summed E-state index contributed by atoms with van der Waals surface area (Å²) in [5.74, 6) is 0.417. The minimum absolute atomic E-state index is 0.112. The van der Waals surface area contributed by atoms with Gasteiger partial charge < -0.3 is 14.8 Å². The van der Waals surface area contributed by atoms with Gasteiger partial charge in [-0.15, -0.1) is 0 Å². The highest BCUT2D eigenvalue weighted by molar-refractivity contribution is 7.89. The second-order valence-electron chi connectivity index (χ2n) is 8.63. The maximum absolute atomic E-state index is 12.8. The fraction of sp³-hybridized carbons (Fsp3) is 0.480. The van der Waals surface area contributed by atoms with Crippen molar-refractivity contribution in [2.45, 2.75) is 44.2 Å². The van der Waals surface area contributed by atoms with E-state index >= 15 is 0 Å². The summed E-state index contributed by atoms with van der Waals surface area (Å²) in [6.45, 7) is 6.87. The SMILES string of the molecule is CNS(=O)(=O)c1cc(C(=O)NCc2cccc(OCCN(C)C3CCOCC3)c2)cc(C)c1C. The van der Waals surface area contributed by atoms with E-state index in [2.05, 4.69) is 22.0 Å². The van der Waals surface area contributed by atoms with Gasteiger partial charge in [-0.3, -0.25) is 9.69 Å². The Balaban J connectivity index is 1.57. The number of sulfonamides is 1. The summed E-state index contributed by atoms with van der Waals surface area (Å²) in [5, 5.41) is 2.87. The van der Waals surface area contributed by atoms with Crippen molar-refractivity contribution in [3.8, 4) is 5.75 Å². The molecule has 0 radical (unpaired) electrons. The third-order valence-electron chi connectivity index (χ3n) is 6.32. The highest BCUT2D eigenvalue weighted by Gasteiger charge is 2.20. The summed E-state index contributed by atoms with van der Waals surface area (Å²) in [4.78, 5) is 15.2. The second kappa shape index (κ2) is 11.8. The third-order valence-corrected chi connectivity index (χ3v) is 7.86. The van der Waals surface area contributed by atoms with Crippen LogP contribution in [0.15, 0.2) is 41.3 Å². The van der Waals surface area contributed by atoms with E-state index in [1.54, 1.807) is 19.9 Å². The van der Waals surface area contributed by atoms with Crippen LogP contribution in [0.4, 0.5) is 0 Å². The Kier molecular flexibility index (Phi) is 9.07. The Morgan fingerprint density at radius 3 is 2.62 bits per heavy atom. The van der Waals surface area contributed by atoms with Crippen LogP contribution in [0, 0.1) is 13.8 Å². The van der Waals surface area contributed by atoms with E-state index in [1.165, 1.54) is 13.1 Å². The first kappa shape index (κ1) is 26.2. The van der Waals surface area contributed by atoms with E-state index in [0.29, 0.717) is 30.3 Å². The molecule has 1 aliphatic heterocycles. The molecule has 1 aliphatic rings. The molecular formula is C25H35N3O5S. The number of nitrogens with one attached hydrogen (secondary N) is 2. The lowest BCUT2D eigenvalue weighted by atomic mass is 10.1. The monoisotopic (exact) mass is 489 g/mol. The number of aryl methyl sites for hydroxylation is 1. The number of benzene rings is 2. The molecule has 8 nitrogen and oxygen atoms in total. The van der Waals surface area contributed by atoms with Gasteiger partial charge in [0.25, 0.3) is 5.91 Å². The van der Waals surface area contributed by atoms with E-state index in [-0.39, 0.29) is 10.8 Å². The summed E-state index contributed by atoms with van der Waals surface area (Å²) in [5.41, 5.74) is 2.57. The van der Waals surface area contributed by atoms with Gasteiger partial charge in [0.05, 0.1) is 4.90 Å². The van der Waals surface area contributed by atoms with Gasteiger partial charge in [-0.1, -0.05) is 12.1 Å². The van der Waals surface area contributed by atoms with Crippen molar-refractivity contribution >= 4 is 15.9 Å². The van der Waals surface area contributed by atoms with Gasteiger partial charge in [0.2, 0.25) is 10.0 Å². The molecule has 0 saturated carbocycles. The number of amides is 1. The lowest BCUT2D eigenvalue weighted by Crippen LogP contribution is -2.38. The average Bonchev–Trinajstić information content (AvgIpc) is 2.84. The number of likely N-dealkylation sites (N-methyl/N-ethyl adjacent to an activating group) is 1. The van der Waals surface area contributed by atoms with Crippen molar-refractivity contribution in [2.24, 2.45) is 0 Å². The predicted octanol–water partition coefficient (Wildman–Crippen LogP) is 2.63. The van der Waals surface area contributed by atoms with E-state index in [4.69, 9.17) is 9.47 Å². The van der Waals surface area contributed by atoms with Gasteiger partial charge in [0.1, 0.15) is 12.4 Å². The number of carbonyl (C=O) groups excluding carboxylic acids is 1. The zero-order chi connectivity index (χ0) is 24.7. The van der Waals surface area contributed by atoms with Crippen molar-refractivity contribution in [1.82, 2.24) is 14.9 Å². The Morgan fingerprint density at radius 1 is 1.18 bits per heavy atom. The minimum atomic E-state index is -3.66. The van der Waals surface area contributed by atoms with Crippen LogP contribution in [0.25, 0.3) is 0 Å². The summed E-state index contributed by atoms with van der Waals surface area (Å²) >= 11 is 0. The molecule has 0 aromatic heterocycles. The van der Waals surface area contributed by atoms with Crippen LogP contribution in [0.3, 0.4) is 0 Å². The van der Waals surface area contributed by atoms with Crippen LogP contribution in [0.5, 0.6) is 5.75 Å². The zero-order valence-electron chi connectivity index (χ0n) is 20.4. The first-order valence-electron chi connectivity index (χ1n) is 11.5. The van der Waals surface area contributed by atoms with Crippen molar-refractivity contribution in [3.63, 3.8) is 0 Å². The molecular weight excluding hydrogens is 454 g/mol. The van der Waals surface area contributed by atoms with E-state index in [9.17, 15) is 13.2 Å². The molecule has 3 rings (SSSR count). The van der Waals surface area contributed by atoms with Crippen molar-refractivity contribution in [1.29, 1.82) is 0 Å². The average molecular weight is 490 g/mol. The summed E-state index contributed by atoms with van der Waals surface area (Å²) in [6, 6.07) is 11.3. The molecule has 0 spiro atoms. The molecule has 186 valence electrons. The van der Waals surface area contributed by atoms with Gasteiger partial charge in [-0.2, -0.15) is 0 Å². The molecule has 1 fully saturated rings. The first-order valence-corrected chi connectivity index (χ1v) is 13.0. The summed E-state index contributed by atoms with van der Waals surface area (Å²) in [6.07, 6.45) is 2.10. The number of nitrogens with zero attached hydrogens (tertiary/aromatic N) is 1. The number of ether oxygens (including phenoxy) is 2. The van der Waals surface area contributed by atoms with Gasteiger partial charge in [0.15, 0.2) is 0 Å². The van der Waals surface area contributed by atoms with Gasteiger partial charge in [-0.25, -0.2) is 13.1 Å². The highest BCUT2D eigenvalue weighted by atomic mass is 32.2. The van der Waals surface area contributed by atoms with Gasteiger partial charge in [-0.05, 0) is 81.7 Å². The number of hydrogen-bond acceptors (Lipinski definition) is 6. The lowest BCUT2D eigenvalue weighted by Gasteiger charge is -2.31. The molecule has 2 N–H and O–H groups in total. The summed E-state index contributed by atoms with van der Waals surface area (Å²) < 4.78 is 38.3. The highest BCUT2D eigenvalue weighted by Crippen LogP contribution is 2.21. The van der Waals surface area contributed by atoms with E-state index in [1.807, 2.05) is 24.3 Å². The summed E-state index contributed by atoms with van der Waals surface area (Å²) in [7, 11) is -0.186. The smallest absolute Gasteiger partial charge is 0.251 e. The largest absolute Gasteiger partial charge is 0.492 e. The standard InChI is InChI=1S/C25H35N3O5S/c1-18-14-21(16-24(19(18)2)34(30,31)26-3)25(29)27-17-20-6-5-7-23(15-20)33-13-10-28(4)22-8-11-32-12-9-22/h5-7,14-16,22,26H,8-13,17H2,1-4H3,(H,27,29). The molecule has 1 heterocycles. The molecule has 2 aromatic carbocycles. The van der Waals surface area contributed by atoms with Crippen LogP contribution < -0.4 is 14.8 Å². The molecule has 1 saturated heterocycles. The molecule has 1 amide bonds.